The van der Waals surface area contributed by atoms with E-state index in [1.54, 1.807) is 0 Å². The number of nitrogens with one attached hydrogen (secondary N) is 2. The quantitative estimate of drug-likeness (QED) is 0.828. The zero-order valence-electron chi connectivity index (χ0n) is 7.08. The lowest BCUT2D eigenvalue weighted by molar-refractivity contribution is 0.593. The number of nitrogens with zero attached hydrogens (tertiary/aromatic N) is 1. The molecule has 0 fully saturated rings. The summed E-state index contributed by atoms with van der Waals surface area (Å²) >= 11 is 8.76. The van der Waals surface area contributed by atoms with Gasteiger partial charge in [0.05, 0.1) is 16.4 Å². The molecular weight excluding hydrogens is 294 g/mol. The van der Waals surface area contributed by atoms with Gasteiger partial charge in [0.25, 0.3) is 10.2 Å². The van der Waals surface area contributed by atoms with Crippen LogP contribution in [0.3, 0.4) is 0 Å². The molecule has 8 heteroatoms. The number of halogens is 2. The van der Waals surface area contributed by atoms with E-state index >= 15 is 0 Å². The third-order valence-corrected chi connectivity index (χ3v) is 3.49. The fourth-order valence-corrected chi connectivity index (χ4v) is 1.66. The van der Waals surface area contributed by atoms with Gasteiger partial charge in [0.1, 0.15) is 5.15 Å². The van der Waals surface area contributed by atoms with Crippen molar-refractivity contribution in [1.29, 1.82) is 0 Å². The Labute approximate surface area is 95.2 Å². The van der Waals surface area contributed by atoms with Gasteiger partial charge in [-0.25, -0.2) is 9.71 Å². The Bertz CT molecular complexity index is 437. The minimum absolute atomic E-state index is 0.275. The summed E-state index contributed by atoms with van der Waals surface area (Å²) in [6, 6.07) is 1.52. The summed E-state index contributed by atoms with van der Waals surface area (Å²) in [6.07, 6.45) is 1.32. The molecule has 14 heavy (non-hydrogen) atoms. The molecule has 0 unspecified atom stereocenters. The van der Waals surface area contributed by atoms with E-state index in [1.165, 1.54) is 19.3 Å². The van der Waals surface area contributed by atoms with Gasteiger partial charge in [-0.15, -0.1) is 0 Å². The first kappa shape index (κ1) is 11.7. The molecule has 0 amide bonds. The molecule has 1 aromatic rings. The summed E-state index contributed by atoms with van der Waals surface area (Å²) < 4.78 is 27.0. The highest BCUT2D eigenvalue weighted by Crippen LogP contribution is 2.23. The van der Waals surface area contributed by atoms with Crippen molar-refractivity contribution in [3.63, 3.8) is 0 Å². The van der Waals surface area contributed by atoms with E-state index in [4.69, 9.17) is 11.6 Å². The van der Waals surface area contributed by atoms with Crippen LogP contribution in [0, 0.1) is 0 Å². The highest BCUT2D eigenvalue weighted by molar-refractivity contribution is 9.10. The van der Waals surface area contributed by atoms with Gasteiger partial charge in [0.2, 0.25) is 0 Å². The van der Waals surface area contributed by atoms with E-state index in [-0.39, 0.29) is 5.15 Å². The lowest BCUT2D eigenvalue weighted by Crippen LogP contribution is -2.26. The highest BCUT2D eigenvalue weighted by Gasteiger charge is 2.07. The minimum atomic E-state index is -3.51. The van der Waals surface area contributed by atoms with Crippen molar-refractivity contribution in [2.45, 2.75) is 0 Å². The van der Waals surface area contributed by atoms with Gasteiger partial charge in [-0.05, 0) is 22.0 Å². The Hall–Kier alpha value is -0.370. The number of aromatic nitrogens is 1. The Morgan fingerprint density at radius 1 is 1.57 bits per heavy atom. The first-order chi connectivity index (χ1) is 6.44. The van der Waals surface area contributed by atoms with Crippen LogP contribution >= 0.6 is 27.5 Å². The first-order valence-electron chi connectivity index (χ1n) is 3.47. The zero-order valence-corrected chi connectivity index (χ0v) is 10.2. The molecule has 1 rings (SSSR count). The molecule has 0 aliphatic heterocycles. The van der Waals surface area contributed by atoms with Crippen LogP contribution in [0.4, 0.5) is 5.69 Å². The smallest absolute Gasteiger partial charge is 0.269 e. The molecule has 0 atom stereocenters. The van der Waals surface area contributed by atoms with Gasteiger partial charge < -0.3 is 0 Å². The number of hydrogen-bond acceptors (Lipinski definition) is 3. The third kappa shape index (κ3) is 3.09. The summed E-state index contributed by atoms with van der Waals surface area (Å²) in [7, 11) is -2.20. The normalized spacial score (nSPS) is 11.4. The predicted molar refractivity (Wildman–Crippen MR) is 58.5 cm³/mol. The first-order valence-corrected chi connectivity index (χ1v) is 6.12. The number of anilines is 1. The van der Waals surface area contributed by atoms with Crippen LogP contribution in [0.15, 0.2) is 16.7 Å². The van der Waals surface area contributed by atoms with Gasteiger partial charge in [-0.3, -0.25) is 4.72 Å². The SMILES string of the molecule is CNS(=O)(=O)Nc1cnc(Cl)c(Br)c1. The van der Waals surface area contributed by atoms with Crippen molar-refractivity contribution in [2.24, 2.45) is 0 Å². The van der Waals surface area contributed by atoms with E-state index in [0.717, 1.165) is 0 Å². The molecule has 5 nitrogen and oxygen atoms in total. The second-order valence-electron chi connectivity index (χ2n) is 2.31. The Balaban J connectivity index is 2.94. The molecular formula is C6H7BrClN3O2S. The Kier molecular flexibility index (Phi) is 3.71. The summed E-state index contributed by atoms with van der Waals surface area (Å²) in [6.45, 7) is 0. The van der Waals surface area contributed by atoms with Crippen molar-refractivity contribution < 1.29 is 8.42 Å². The summed E-state index contributed by atoms with van der Waals surface area (Å²) in [5, 5.41) is 0.275. The second-order valence-corrected chi connectivity index (χ2v) is 5.14. The zero-order chi connectivity index (χ0) is 10.8. The predicted octanol–water partition coefficient (Wildman–Crippen LogP) is 1.37. The van der Waals surface area contributed by atoms with E-state index in [9.17, 15) is 8.42 Å². The summed E-state index contributed by atoms with van der Waals surface area (Å²) in [4.78, 5) is 3.76. The average molecular weight is 301 g/mol. The van der Waals surface area contributed by atoms with Crippen molar-refractivity contribution in [3.05, 3.63) is 21.9 Å². The van der Waals surface area contributed by atoms with Gasteiger partial charge in [0, 0.05) is 7.05 Å². The van der Waals surface area contributed by atoms with Crippen LogP contribution in [0.5, 0.6) is 0 Å². The lowest BCUT2D eigenvalue weighted by atomic mass is 10.4. The number of hydrogen-bond donors (Lipinski definition) is 2. The molecule has 0 saturated carbocycles. The molecule has 0 radical (unpaired) electrons. The third-order valence-electron chi connectivity index (χ3n) is 1.32. The largest absolute Gasteiger partial charge is 0.298 e. The van der Waals surface area contributed by atoms with Crippen molar-refractivity contribution in [2.75, 3.05) is 11.8 Å². The minimum Gasteiger partial charge on any atom is -0.269 e. The maximum Gasteiger partial charge on any atom is 0.298 e. The molecule has 0 saturated heterocycles. The monoisotopic (exact) mass is 299 g/mol. The van der Waals surface area contributed by atoms with Gasteiger partial charge in [-0.1, -0.05) is 11.6 Å². The lowest BCUT2D eigenvalue weighted by Gasteiger charge is -2.06. The molecule has 0 aromatic carbocycles. The maximum absolute atomic E-state index is 11.1. The topological polar surface area (TPSA) is 71.1 Å². The standard InChI is InChI=1S/C6H7BrClN3O2S/c1-9-14(12,13)11-4-2-5(7)6(8)10-3-4/h2-3,9,11H,1H3. The van der Waals surface area contributed by atoms with E-state index in [2.05, 4.69) is 30.4 Å². The molecule has 1 aromatic heterocycles. The summed E-state index contributed by atoms with van der Waals surface area (Å²) in [5.41, 5.74) is 0.329. The van der Waals surface area contributed by atoms with Crippen LogP contribution < -0.4 is 9.44 Å². The van der Waals surface area contributed by atoms with Crippen LogP contribution in [0.2, 0.25) is 5.15 Å². The van der Waals surface area contributed by atoms with Crippen molar-refractivity contribution in [3.8, 4) is 0 Å². The van der Waals surface area contributed by atoms with E-state index in [1.807, 2.05) is 0 Å². The molecule has 78 valence electrons. The molecule has 0 aliphatic carbocycles. The van der Waals surface area contributed by atoms with Gasteiger partial charge in [0.15, 0.2) is 0 Å². The number of rotatable bonds is 3. The molecule has 1 heterocycles. The fourth-order valence-electron chi connectivity index (χ4n) is 0.683. The molecule has 0 spiro atoms. The van der Waals surface area contributed by atoms with Crippen molar-refractivity contribution in [1.82, 2.24) is 9.71 Å². The van der Waals surface area contributed by atoms with Gasteiger partial charge in [-0.2, -0.15) is 8.42 Å². The van der Waals surface area contributed by atoms with E-state index in [0.29, 0.717) is 10.2 Å². The van der Waals surface area contributed by atoms with Crippen LogP contribution in [0.25, 0.3) is 0 Å². The van der Waals surface area contributed by atoms with Crippen LogP contribution in [-0.4, -0.2) is 20.4 Å². The second kappa shape index (κ2) is 4.43. The molecule has 0 bridgehead atoms. The molecule has 2 N–H and O–H groups in total. The van der Waals surface area contributed by atoms with E-state index < -0.39 is 10.2 Å². The maximum atomic E-state index is 11.1. The van der Waals surface area contributed by atoms with Crippen LogP contribution in [-0.2, 0) is 10.2 Å². The average Bonchev–Trinajstić information content (AvgIpc) is 2.11. The Morgan fingerprint density at radius 2 is 2.21 bits per heavy atom. The Morgan fingerprint density at radius 3 is 2.71 bits per heavy atom. The van der Waals surface area contributed by atoms with Gasteiger partial charge >= 0.3 is 0 Å². The highest BCUT2D eigenvalue weighted by atomic mass is 79.9. The summed E-state index contributed by atoms with van der Waals surface area (Å²) in [5.74, 6) is 0. The molecule has 0 aliphatic rings. The van der Waals surface area contributed by atoms with Crippen LogP contribution in [0.1, 0.15) is 0 Å². The van der Waals surface area contributed by atoms with Crippen molar-refractivity contribution >= 4 is 43.4 Å². The fraction of sp³-hybridized carbons (Fsp3) is 0.167. The number of pyridine rings is 1.